The molecule has 138 valence electrons. The number of methoxy groups -OCH3 is 1. The van der Waals surface area contributed by atoms with Crippen LogP contribution >= 0.6 is 0 Å². The SMILES string of the molecule is COc1ccc(CC(=O)N2CCCC(COc3ccc(F)cc3)C2)cc1. The van der Waals surface area contributed by atoms with Gasteiger partial charge in [0.1, 0.15) is 17.3 Å². The van der Waals surface area contributed by atoms with Gasteiger partial charge in [-0.05, 0) is 54.8 Å². The lowest BCUT2D eigenvalue weighted by Gasteiger charge is -2.32. The fourth-order valence-corrected chi connectivity index (χ4v) is 3.20. The van der Waals surface area contributed by atoms with Crippen molar-refractivity contribution < 1.29 is 18.7 Å². The van der Waals surface area contributed by atoms with E-state index in [1.54, 1.807) is 19.2 Å². The summed E-state index contributed by atoms with van der Waals surface area (Å²) in [7, 11) is 1.63. The quantitative estimate of drug-likeness (QED) is 0.791. The van der Waals surface area contributed by atoms with Crippen LogP contribution in [0, 0.1) is 11.7 Å². The number of nitrogens with zero attached hydrogens (tertiary/aromatic N) is 1. The van der Waals surface area contributed by atoms with Gasteiger partial charge in [-0.25, -0.2) is 4.39 Å². The first-order valence-corrected chi connectivity index (χ1v) is 8.93. The Kier molecular flexibility index (Phi) is 6.10. The van der Waals surface area contributed by atoms with Crippen molar-refractivity contribution in [2.45, 2.75) is 19.3 Å². The summed E-state index contributed by atoms with van der Waals surface area (Å²) in [6, 6.07) is 13.6. The molecular formula is C21H24FNO3. The van der Waals surface area contributed by atoms with Crippen molar-refractivity contribution in [3.8, 4) is 11.5 Å². The Labute approximate surface area is 153 Å². The molecule has 1 amide bonds. The Morgan fingerprint density at radius 1 is 1.12 bits per heavy atom. The molecule has 1 atom stereocenters. The van der Waals surface area contributed by atoms with E-state index in [2.05, 4.69) is 0 Å². The number of amides is 1. The van der Waals surface area contributed by atoms with Crippen LogP contribution in [0.2, 0.25) is 0 Å². The Morgan fingerprint density at radius 3 is 2.50 bits per heavy atom. The van der Waals surface area contributed by atoms with E-state index in [9.17, 15) is 9.18 Å². The summed E-state index contributed by atoms with van der Waals surface area (Å²) in [5.41, 5.74) is 0.987. The van der Waals surface area contributed by atoms with Crippen molar-refractivity contribution in [1.29, 1.82) is 0 Å². The van der Waals surface area contributed by atoms with Crippen LogP contribution < -0.4 is 9.47 Å². The molecular weight excluding hydrogens is 333 g/mol. The molecule has 0 bridgehead atoms. The molecule has 4 nitrogen and oxygen atoms in total. The second-order valence-corrected chi connectivity index (χ2v) is 6.64. The number of hydrogen-bond donors (Lipinski definition) is 0. The van der Waals surface area contributed by atoms with Crippen LogP contribution in [0.25, 0.3) is 0 Å². The molecule has 1 fully saturated rings. The summed E-state index contributed by atoms with van der Waals surface area (Å²) >= 11 is 0. The molecule has 1 aliphatic rings. The lowest BCUT2D eigenvalue weighted by atomic mass is 9.98. The summed E-state index contributed by atoms with van der Waals surface area (Å²) in [5.74, 6) is 1.62. The molecule has 1 heterocycles. The van der Waals surface area contributed by atoms with Crippen LogP contribution in [0.4, 0.5) is 4.39 Å². The minimum absolute atomic E-state index is 0.140. The van der Waals surface area contributed by atoms with E-state index in [1.807, 2.05) is 29.2 Å². The molecule has 5 heteroatoms. The summed E-state index contributed by atoms with van der Waals surface area (Å²) in [6.07, 6.45) is 2.41. The zero-order valence-corrected chi connectivity index (χ0v) is 15.0. The lowest BCUT2D eigenvalue weighted by Crippen LogP contribution is -2.42. The molecule has 1 saturated heterocycles. The summed E-state index contributed by atoms with van der Waals surface area (Å²) in [6.45, 7) is 2.04. The summed E-state index contributed by atoms with van der Waals surface area (Å²) in [5, 5.41) is 0. The van der Waals surface area contributed by atoms with Gasteiger partial charge in [0.15, 0.2) is 0 Å². The maximum absolute atomic E-state index is 12.9. The third-order valence-corrected chi connectivity index (χ3v) is 4.69. The van der Waals surface area contributed by atoms with Gasteiger partial charge < -0.3 is 14.4 Å². The van der Waals surface area contributed by atoms with Crippen LogP contribution in [0.3, 0.4) is 0 Å². The second kappa shape index (κ2) is 8.70. The second-order valence-electron chi connectivity index (χ2n) is 6.64. The number of carbonyl (C=O) groups is 1. The topological polar surface area (TPSA) is 38.8 Å². The van der Waals surface area contributed by atoms with Crippen molar-refractivity contribution in [3.63, 3.8) is 0 Å². The number of rotatable bonds is 6. The van der Waals surface area contributed by atoms with Crippen molar-refractivity contribution in [2.75, 3.05) is 26.8 Å². The molecule has 0 aliphatic carbocycles. The maximum atomic E-state index is 12.9. The van der Waals surface area contributed by atoms with Crippen LogP contribution in [0.1, 0.15) is 18.4 Å². The van der Waals surface area contributed by atoms with E-state index in [0.717, 1.165) is 30.7 Å². The molecule has 2 aromatic carbocycles. The van der Waals surface area contributed by atoms with Crippen molar-refractivity contribution in [3.05, 3.63) is 59.9 Å². The monoisotopic (exact) mass is 357 g/mol. The number of ether oxygens (including phenoxy) is 2. The molecule has 0 saturated carbocycles. The predicted molar refractivity (Wildman–Crippen MR) is 97.9 cm³/mol. The Hall–Kier alpha value is -2.56. The lowest BCUT2D eigenvalue weighted by molar-refractivity contribution is -0.132. The first-order valence-electron chi connectivity index (χ1n) is 8.93. The maximum Gasteiger partial charge on any atom is 0.227 e. The highest BCUT2D eigenvalue weighted by Gasteiger charge is 2.24. The van der Waals surface area contributed by atoms with Gasteiger partial charge in [-0.1, -0.05) is 12.1 Å². The zero-order chi connectivity index (χ0) is 18.4. The van der Waals surface area contributed by atoms with Gasteiger partial charge >= 0.3 is 0 Å². The zero-order valence-electron chi connectivity index (χ0n) is 15.0. The standard InChI is InChI=1S/C21H24FNO3/c1-25-19-8-4-16(5-9-19)13-21(24)23-12-2-3-17(14-23)15-26-20-10-6-18(22)7-11-20/h4-11,17H,2-3,12-15H2,1H3. The fraction of sp³-hybridized carbons (Fsp3) is 0.381. The van der Waals surface area contributed by atoms with Crippen LogP contribution in [-0.4, -0.2) is 37.6 Å². The van der Waals surface area contributed by atoms with Gasteiger partial charge in [-0.2, -0.15) is 0 Å². The molecule has 3 rings (SSSR count). The Bertz CT molecular complexity index is 715. The molecule has 0 spiro atoms. The van der Waals surface area contributed by atoms with Gasteiger partial charge in [0.25, 0.3) is 0 Å². The van der Waals surface area contributed by atoms with Gasteiger partial charge in [0.2, 0.25) is 5.91 Å². The Morgan fingerprint density at radius 2 is 1.81 bits per heavy atom. The minimum atomic E-state index is -0.273. The summed E-state index contributed by atoms with van der Waals surface area (Å²) < 4.78 is 23.8. The normalized spacial score (nSPS) is 17.0. The number of hydrogen-bond acceptors (Lipinski definition) is 3. The smallest absolute Gasteiger partial charge is 0.227 e. The third kappa shape index (κ3) is 4.97. The predicted octanol–water partition coefficient (Wildman–Crippen LogP) is 3.69. The largest absolute Gasteiger partial charge is 0.497 e. The minimum Gasteiger partial charge on any atom is -0.497 e. The molecule has 0 radical (unpaired) electrons. The third-order valence-electron chi connectivity index (χ3n) is 4.69. The molecule has 1 aliphatic heterocycles. The van der Waals surface area contributed by atoms with Gasteiger partial charge in [-0.3, -0.25) is 4.79 Å². The highest BCUT2D eigenvalue weighted by molar-refractivity contribution is 5.78. The molecule has 0 aromatic heterocycles. The molecule has 2 aromatic rings. The average molecular weight is 357 g/mol. The van der Waals surface area contributed by atoms with Crippen molar-refractivity contribution in [2.24, 2.45) is 5.92 Å². The van der Waals surface area contributed by atoms with Gasteiger partial charge in [-0.15, -0.1) is 0 Å². The highest BCUT2D eigenvalue weighted by Crippen LogP contribution is 2.20. The van der Waals surface area contributed by atoms with E-state index in [4.69, 9.17) is 9.47 Å². The first-order chi connectivity index (χ1) is 12.6. The highest BCUT2D eigenvalue weighted by atomic mass is 19.1. The van der Waals surface area contributed by atoms with E-state index in [-0.39, 0.29) is 11.7 Å². The number of likely N-dealkylation sites (tertiary alicyclic amines) is 1. The van der Waals surface area contributed by atoms with Gasteiger partial charge in [0, 0.05) is 19.0 Å². The van der Waals surface area contributed by atoms with Crippen LogP contribution in [0.5, 0.6) is 11.5 Å². The van der Waals surface area contributed by atoms with E-state index >= 15 is 0 Å². The van der Waals surface area contributed by atoms with E-state index in [1.165, 1.54) is 12.1 Å². The number of carbonyl (C=O) groups excluding carboxylic acids is 1. The fourth-order valence-electron chi connectivity index (χ4n) is 3.20. The number of halogens is 1. The first kappa shape index (κ1) is 18.2. The van der Waals surface area contributed by atoms with Crippen LogP contribution in [-0.2, 0) is 11.2 Å². The molecule has 26 heavy (non-hydrogen) atoms. The Balaban J connectivity index is 1.50. The number of piperidine rings is 1. The van der Waals surface area contributed by atoms with E-state index in [0.29, 0.717) is 31.2 Å². The van der Waals surface area contributed by atoms with Crippen molar-refractivity contribution >= 4 is 5.91 Å². The van der Waals surface area contributed by atoms with Crippen molar-refractivity contribution in [1.82, 2.24) is 4.90 Å². The van der Waals surface area contributed by atoms with E-state index < -0.39 is 0 Å². The molecule has 0 N–H and O–H groups in total. The number of benzene rings is 2. The van der Waals surface area contributed by atoms with Gasteiger partial charge in [0.05, 0.1) is 20.1 Å². The molecule has 1 unspecified atom stereocenters. The summed E-state index contributed by atoms with van der Waals surface area (Å²) in [4.78, 5) is 14.5. The average Bonchev–Trinajstić information content (AvgIpc) is 2.68. The van der Waals surface area contributed by atoms with Crippen LogP contribution in [0.15, 0.2) is 48.5 Å².